The van der Waals surface area contributed by atoms with Gasteiger partial charge in [0, 0.05) is 0 Å². The molecule has 1 N–H and O–H groups in total. The number of hydrogen-bond acceptors (Lipinski definition) is 2. The fourth-order valence-corrected chi connectivity index (χ4v) is 1.73. The summed E-state index contributed by atoms with van der Waals surface area (Å²) in [4.78, 5) is 12.9. The van der Waals surface area contributed by atoms with Gasteiger partial charge in [-0.15, -0.1) is 0 Å². The normalized spacial score (nSPS) is 14.8. The lowest BCUT2D eigenvalue weighted by Gasteiger charge is -2.35. The van der Waals surface area contributed by atoms with E-state index in [1.165, 1.54) is 5.56 Å². The van der Waals surface area contributed by atoms with E-state index in [0.29, 0.717) is 0 Å². The smallest absolute Gasteiger partial charge is 0.305 e. The molecule has 1 aromatic carbocycles. The molecule has 3 nitrogen and oxygen atoms in total. The highest BCUT2D eigenvalue weighted by Gasteiger charge is 2.31. The van der Waals surface area contributed by atoms with E-state index in [9.17, 15) is 4.79 Å². The van der Waals surface area contributed by atoms with Crippen LogP contribution in [0.1, 0.15) is 24.5 Å². The monoisotopic (exact) mass is 221 g/mol. The zero-order chi connectivity index (χ0) is 12.3. The summed E-state index contributed by atoms with van der Waals surface area (Å²) >= 11 is 0. The van der Waals surface area contributed by atoms with Crippen LogP contribution in [-0.2, 0) is 10.3 Å². The van der Waals surface area contributed by atoms with E-state index in [4.69, 9.17) is 5.11 Å². The first-order valence-electron chi connectivity index (χ1n) is 5.32. The fourth-order valence-electron chi connectivity index (χ4n) is 1.73. The van der Waals surface area contributed by atoms with Crippen molar-refractivity contribution >= 4 is 5.97 Å². The Morgan fingerprint density at radius 3 is 2.19 bits per heavy atom. The molecule has 0 saturated heterocycles. The summed E-state index contributed by atoms with van der Waals surface area (Å²) in [6, 6.07) is 8.02. The summed E-state index contributed by atoms with van der Waals surface area (Å²) in [5.74, 6) is -0.781. The van der Waals surface area contributed by atoms with Crippen LogP contribution in [-0.4, -0.2) is 30.1 Å². The molecular formula is C13H19NO2. The third-order valence-electron chi connectivity index (χ3n) is 3.16. The van der Waals surface area contributed by atoms with Crippen LogP contribution in [0.3, 0.4) is 0 Å². The Bertz CT molecular complexity index is 370. The van der Waals surface area contributed by atoms with Crippen LogP contribution in [0.15, 0.2) is 24.3 Å². The summed E-state index contributed by atoms with van der Waals surface area (Å²) in [6.45, 7) is 3.97. The van der Waals surface area contributed by atoms with E-state index in [1.807, 2.05) is 57.1 Å². The Balaban J connectivity index is 3.10. The van der Waals surface area contributed by atoms with Gasteiger partial charge in [0.15, 0.2) is 0 Å². The second-order valence-electron chi connectivity index (χ2n) is 4.60. The number of aryl methyl sites for hydroxylation is 1. The number of carboxylic acids is 1. The zero-order valence-electron chi connectivity index (χ0n) is 10.3. The third-order valence-corrected chi connectivity index (χ3v) is 3.16. The van der Waals surface area contributed by atoms with E-state index in [0.717, 1.165) is 5.56 Å². The van der Waals surface area contributed by atoms with Gasteiger partial charge < -0.3 is 5.11 Å². The SMILES string of the molecule is Cc1ccc(C(C)(CC(=O)O)N(C)C)cc1. The second kappa shape index (κ2) is 4.66. The maximum absolute atomic E-state index is 10.9. The van der Waals surface area contributed by atoms with Gasteiger partial charge in [-0.05, 0) is 33.5 Å². The molecule has 0 bridgehead atoms. The highest BCUT2D eigenvalue weighted by atomic mass is 16.4. The quantitative estimate of drug-likeness (QED) is 0.847. The number of aliphatic carboxylic acids is 1. The van der Waals surface area contributed by atoms with Gasteiger partial charge in [0.25, 0.3) is 0 Å². The molecule has 3 heteroatoms. The highest BCUT2D eigenvalue weighted by molar-refractivity contribution is 5.68. The van der Waals surface area contributed by atoms with Crippen molar-refractivity contribution in [2.45, 2.75) is 25.8 Å². The van der Waals surface area contributed by atoms with Crippen LogP contribution < -0.4 is 0 Å². The van der Waals surface area contributed by atoms with Crippen molar-refractivity contribution in [1.29, 1.82) is 0 Å². The molecule has 0 aliphatic rings. The van der Waals surface area contributed by atoms with Crippen molar-refractivity contribution in [1.82, 2.24) is 4.90 Å². The second-order valence-corrected chi connectivity index (χ2v) is 4.60. The summed E-state index contributed by atoms with van der Waals surface area (Å²) in [5, 5.41) is 8.99. The molecule has 0 aliphatic heterocycles. The number of rotatable bonds is 4. The van der Waals surface area contributed by atoms with Gasteiger partial charge in [0.1, 0.15) is 0 Å². The molecule has 0 spiro atoms. The van der Waals surface area contributed by atoms with Crippen LogP contribution in [0.4, 0.5) is 0 Å². The average Bonchev–Trinajstić information content (AvgIpc) is 2.17. The van der Waals surface area contributed by atoms with Gasteiger partial charge in [-0.3, -0.25) is 9.69 Å². The number of nitrogens with zero attached hydrogens (tertiary/aromatic N) is 1. The lowest BCUT2D eigenvalue weighted by Crippen LogP contribution is -2.40. The van der Waals surface area contributed by atoms with Crippen molar-refractivity contribution in [3.63, 3.8) is 0 Å². The maximum atomic E-state index is 10.9. The van der Waals surface area contributed by atoms with Crippen molar-refractivity contribution in [2.24, 2.45) is 0 Å². The minimum Gasteiger partial charge on any atom is -0.481 e. The van der Waals surface area contributed by atoms with Gasteiger partial charge in [-0.2, -0.15) is 0 Å². The van der Waals surface area contributed by atoms with Crippen molar-refractivity contribution in [3.05, 3.63) is 35.4 Å². The molecule has 1 atom stereocenters. The lowest BCUT2D eigenvalue weighted by atomic mass is 9.87. The van der Waals surface area contributed by atoms with Crippen LogP contribution in [0.2, 0.25) is 0 Å². The van der Waals surface area contributed by atoms with Crippen molar-refractivity contribution < 1.29 is 9.90 Å². The summed E-state index contributed by atoms with van der Waals surface area (Å²) in [5.41, 5.74) is 1.75. The summed E-state index contributed by atoms with van der Waals surface area (Å²) in [6.07, 6.45) is 0.100. The molecule has 0 aromatic heterocycles. The van der Waals surface area contributed by atoms with E-state index < -0.39 is 11.5 Å². The molecule has 1 unspecified atom stereocenters. The molecule has 0 amide bonds. The van der Waals surface area contributed by atoms with Crippen molar-refractivity contribution in [2.75, 3.05) is 14.1 Å². The predicted octanol–water partition coefficient (Wildman–Crippen LogP) is 2.25. The topological polar surface area (TPSA) is 40.5 Å². The molecule has 16 heavy (non-hydrogen) atoms. The van der Waals surface area contributed by atoms with Crippen LogP contribution in [0.25, 0.3) is 0 Å². The van der Waals surface area contributed by atoms with Crippen molar-refractivity contribution in [3.8, 4) is 0 Å². The van der Waals surface area contributed by atoms with E-state index in [-0.39, 0.29) is 6.42 Å². The van der Waals surface area contributed by atoms with Gasteiger partial charge in [-0.1, -0.05) is 29.8 Å². The van der Waals surface area contributed by atoms with E-state index in [1.54, 1.807) is 0 Å². The van der Waals surface area contributed by atoms with Gasteiger partial charge in [0.05, 0.1) is 12.0 Å². The van der Waals surface area contributed by atoms with Crippen LogP contribution in [0, 0.1) is 6.92 Å². The maximum Gasteiger partial charge on any atom is 0.305 e. The van der Waals surface area contributed by atoms with Gasteiger partial charge >= 0.3 is 5.97 Å². The number of hydrogen-bond donors (Lipinski definition) is 1. The highest BCUT2D eigenvalue weighted by Crippen LogP contribution is 2.29. The Labute approximate surface area is 96.7 Å². The average molecular weight is 221 g/mol. The Morgan fingerprint density at radius 2 is 1.81 bits per heavy atom. The minimum atomic E-state index is -0.781. The fraction of sp³-hybridized carbons (Fsp3) is 0.462. The first-order chi connectivity index (χ1) is 7.36. The first kappa shape index (κ1) is 12.7. The molecule has 0 aliphatic carbocycles. The van der Waals surface area contributed by atoms with E-state index >= 15 is 0 Å². The standard InChI is InChI=1S/C13H19NO2/c1-10-5-7-11(8-6-10)13(2,14(3)4)9-12(15)16/h5-8H,9H2,1-4H3,(H,15,16). The largest absolute Gasteiger partial charge is 0.481 e. The molecule has 0 radical (unpaired) electrons. The van der Waals surface area contributed by atoms with Gasteiger partial charge in [-0.25, -0.2) is 0 Å². The Hall–Kier alpha value is -1.35. The molecule has 0 heterocycles. The number of carboxylic acid groups (broad SMARTS) is 1. The molecule has 0 fully saturated rings. The van der Waals surface area contributed by atoms with Crippen LogP contribution >= 0.6 is 0 Å². The Kier molecular flexibility index (Phi) is 3.70. The molecule has 88 valence electrons. The first-order valence-corrected chi connectivity index (χ1v) is 5.32. The summed E-state index contributed by atoms with van der Waals surface area (Å²) < 4.78 is 0. The third kappa shape index (κ3) is 2.61. The molecule has 1 rings (SSSR count). The minimum absolute atomic E-state index is 0.100. The predicted molar refractivity (Wildman–Crippen MR) is 64.5 cm³/mol. The molecule has 0 saturated carbocycles. The molecular weight excluding hydrogens is 202 g/mol. The van der Waals surface area contributed by atoms with Gasteiger partial charge in [0.2, 0.25) is 0 Å². The van der Waals surface area contributed by atoms with Crippen LogP contribution in [0.5, 0.6) is 0 Å². The van der Waals surface area contributed by atoms with E-state index in [2.05, 4.69) is 0 Å². The Morgan fingerprint density at radius 1 is 1.31 bits per heavy atom. The number of benzene rings is 1. The molecule has 1 aromatic rings. The number of carbonyl (C=O) groups is 1. The lowest BCUT2D eigenvalue weighted by molar-refractivity contribution is -0.140. The summed E-state index contributed by atoms with van der Waals surface area (Å²) in [7, 11) is 3.81. The zero-order valence-corrected chi connectivity index (χ0v) is 10.3.